The van der Waals surface area contributed by atoms with Gasteiger partial charge in [-0.15, -0.1) is 0 Å². The molecule has 0 aliphatic heterocycles. The second-order valence-electron chi connectivity index (χ2n) is 3.57. The monoisotopic (exact) mass is 231 g/mol. The maximum Gasteiger partial charge on any atom is 0.211 e. The van der Waals surface area contributed by atoms with Crippen molar-refractivity contribution in [3.05, 3.63) is 42.2 Å². The first-order valence-corrected chi connectivity index (χ1v) is 5.19. The maximum absolute atomic E-state index is 10.4. The Morgan fingerprint density at radius 1 is 1.47 bits per heavy atom. The summed E-state index contributed by atoms with van der Waals surface area (Å²) >= 11 is 0. The van der Waals surface area contributed by atoms with Gasteiger partial charge in [0.1, 0.15) is 12.4 Å². The molecular formula is C12H13N3O2. The molecule has 0 bridgehead atoms. The summed E-state index contributed by atoms with van der Waals surface area (Å²) in [5, 5.41) is 6.64. The van der Waals surface area contributed by atoms with E-state index in [2.05, 4.69) is 10.4 Å². The molecule has 2 rings (SSSR count). The Hall–Kier alpha value is -2.30. The molecule has 0 saturated heterocycles. The molecule has 0 fully saturated rings. The molecular weight excluding hydrogens is 218 g/mol. The van der Waals surface area contributed by atoms with Crippen molar-refractivity contribution in [2.45, 2.75) is 6.61 Å². The van der Waals surface area contributed by atoms with Crippen LogP contribution >= 0.6 is 0 Å². The van der Waals surface area contributed by atoms with Gasteiger partial charge in [0.25, 0.3) is 0 Å². The molecule has 2 aromatic rings. The van der Waals surface area contributed by atoms with Crippen LogP contribution in [0, 0.1) is 0 Å². The van der Waals surface area contributed by atoms with E-state index in [0.29, 0.717) is 24.5 Å². The zero-order valence-corrected chi connectivity index (χ0v) is 9.46. The van der Waals surface area contributed by atoms with Gasteiger partial charge in [-0.2, -0.15) is 5.10 Å². The smallest absolute Gasteiger partial charge is 0.211 e. The van der Waals surface area contributed by atoms with Crippen molar-refractivity contribution in [1.82, 2.24) is 9.78 Å². The van der Waals surface area contributed by atoms with E-state index in [4.69, 9.17) is 4.74 Å². The summed E-state index contributed by atoms with van der Waals surface area (Å²) in [4.78, 5) is 10.4. The predicted molar refractivity (Wildman–Crippen MR) is 63.7 cm³/mol. The van der Waals surface area contributed by atoms with Crippen LogP contribution in [0.3, 0.4) is 0 Å². The Morgan fingerprint density at radius 2 is 2.29 bits per heavy atom. The van der Waals surface area contributed by atoms with Crippen LogP contribution in [-0.2, 0) is 18.4 Å². The van der Waals surface area contributed by atoms with E-state index >= 15 is 0 Å². The van der Waals surface area contributed by atoms with Crippen LogP contribution in [-0.4, -0.2) is 16.2 Å². The van der Waals surface area contributed by atoms with Gasteiger partial charge in [0.05, 0.1) is 11.9 Å². The summed E-state index contributed by atoms with van der Waals surface area (Å²) in [5.41, 5.74) is 1.64. The number of carbonyl (C=O) groups excluding carboxylic acids is 1. The van der Waals surface area contributed by atoms with Gasteiger partial charge in [0.2, 0.25) is 6.41 Å². The number of amides is 1. The Kier molecular flexibility index (Phi) is 3.40. The van der Waals surface area contributed by atoms with Crippen molar-refractivity contribution in [3.63, 3.8) is 0 Å². The van der Waals surface area contributed by atoms with E-state index in [1.807, 2.05) is 31.4 Å². The summed E-state index contributed by atoms with van der Waals surface area (Å²) in [6, 6.07) is 7.28. The molecule has 1 aromatic carbocycles. The van der Waals surface area contributed by atoms with E-state index in [-0.39, 0.29) is 0 Å². The number of carbonyl (C=O) groups is 1. The predicted octanol–water partition coefficient (Wildman–Crippen LogP) is 1.57. The Morgan fingerprint density at radius 3 is 3.00 bits per heavy atom. The van der Waals surface area contributed by atoms with Crippen LogP contribution in [0.5, 0.6) is 5.75 Å². The number of rotatable bonds is 5. The lowest BCUT2D eigenvalue weighted by molar-refractivity contribution is -0.105. The standard InChI is InChI=1S/C12H13N3O2/c1-15-7-10(6-14-15)8-17-12-5-3-2-4-11(12)13-9-16/h2-7,9H,8H2,1H3,(H,13,16). The quantitative estimate of drug-likeness (QED) is 0.794. The van der Waals surface area contributed by atoms with Crippen LogP contribution in [0.25, 0.3) is 0 Å². The third-order valence-corrected chi connectivity index (χ3v) is 2.25. The molecule has 0 aliphatic carbocycles. The number of para-hydroxylation sites is 2. The number of aromatic nitrogens is 2. The van der Waals surface area contributed by atoms with Gasteiger partial charge in [-0.25, -0.2) is 0 Å². The molecule has 1 amide bonds. The third kappa shape index (κ3) is 2.84. The number of hydrogen-bond donors (Lipinski definition) is 1. The van der Waals surface area contributed by atoms with Gasteiger partial charge >= 0.3 is 0 Å². The van der Waals surface area contributed by atoms with Crippen molar-refractivity contribution in [1.29, 1.82) is 0 Å². The summed E-state index contributed by atoms with van der Waals surface area (Å²) in [6.07, 6.45) is 4.26. The van der Waals surface area contributed by atoms with Crippen molar-refractivity contribution >= 4 is 12.1 Å². The van der Waals surface area contributed by atoms with E-state index in [9.17, 15) is 4.79 Å². The first-order valence-electron chi connectivity index (χ1n) is 5.19. The Bertz CT molecular complexity index is 508. The van der Waals surface area contributed by atoms with Crippen LogP contribution in [0.15, 0.2) is 36.7 Å². The number of benzene rings is 1. The summed E-state index contributed by atoms with van der Waals surface area (Å²) in [6.45, 7) is 0.422. The molecule has 0 spiro atoms. The molecule has 17 heavy (non-hydrogen) atoms. The van der Waals surface area contributed by atoms with Crippen molar-refractivity contribution in [2.24, 2.45) is 7.05 Å². The molecule has 88 valence electrons. The van der Waals surface area contributed by atoms with Gasteiger partial charge in [0.15, 0.2) is 0 Å². The highest BCUT2D eigenvalue weighted by Gasteiger charge is 2.03. The minimum absolute atomic E-state index is 0.422. The fraction of sp³-hybridized carbons (Fsp3) is 0.167. The highest BCUT2D eigenvalue weighted by atomic mass is 16.5. The highest BCUT2D eigenvalue weighted by Crippen LogP contribution is 2.23. The Labute approximate surface area is 99.0 Å². The average Bonchev–Trinajstić information content (AvgIpc) is 2.74. The summed E-state index contributed by atoms with van der Waals surface area (Å²) in [7, 11) is 1.85. The lowest BCUT2D eigenvalue weighted by atomic mass is 10.3. The molecule has 0 atom stereocenters. The molecule has 0 unspecified atom stereocenters. The molecule has 1 aromatic heterocycles. The topological polar surface area (TPSA) is 56.1 Å². The van der Waals surface area contributed by atoms with Gasteiger partial charge < -0.3 is 10.1 Å². The van der Waals surface area contributed by atoms with Crippen LogP contribution in [0.2, 0.25) is 0 Å². The summed E-state index contributed by atoms with van der Waals surface area (Å²) < 4.78 is 7.33. The fourth-order valence-electron chi connectivity index (χ4n) is 1.48. The molecule has 5 heteroatoms. The zero-order valence-electron chi connectivity index (χ0n) is 9.46. The average molecular weight is 231 g/mol. The van der Waals surface area contributed by atoms with Crippen LogP contribution < -0.4 is 10.1 Å². The molecule has 1 heterocycles. The molecule has 0 aliphatic rings. The van der Waals surface area contributed by atoms with Gasteiger partial charge in [-0.1, -0.05) is 12.1 Å². The van der Waals surface area contributed by atoms with E-state index in [1.165, 1.54) is 0 Å². The minimum atomic E-state index is 0.422. The van der Waals surface area contributed by atoms with E-state index in [1.54, 1.807) is 16.9 Å². The molecule has 1 N–H and O–H groups in total. The fourth-order valence-corrected chi connectivity index (χ4v) is 1.48. The van der Waals surface area contributed by atoms with Crippen LogP contribution in [0.4, 0.5) is 5.69 Å². The van der Waals surface area contributed by atoms with Gasteiger partial charge in [-0.3, -0.25) is 9.48 Å². The molecule has 0 radical (unpaired) electrons. The SMILES string of the molecule is Cn1cc(COc2ccccc2NC=O)cn1. The van der Waals surface area contributed by atoms with Gasteiger partial charge in [0, 0.05) is 18.8 Å². The number of nitrogens with zero attached hydrogens (tertiary/aromatic N) is 2. The van der Waals surface area contributed by atoms with Crippen molar-refractivity contribution < 1.29 is 9.53 Å². The maximum atomic E-state index is 10.4. The molecule has 0 saturated carbocycles. The zero-order chi connectivity index (χ0) is 12.1. The largest absolute Gasteiger partial charge is 0.487 e. The minimum Gasteiger partial charge on any atom is -0.487 e. The number of ether oxygens (including phenoxy) is 1. The molecule has 5 nitrogen and oxygen atoms in total. The second kappa shape index (κ2) is 5.16. The van der Waals surface area contributed by atoms with Crippen molar-refractivity contribution in [3.8, 4) is 5.75 Å². The summed E-state index contributed by atoms with van der Waals surface area (Å²) in [5.74, 6) is 0.642. The number of aryl methyl sites for hydroxylation is 1. The van der Waals surface area contributed by atoms with Gasteiger partial charge in [-0.05, 0) is 12.1 Å². The van der Waals surface area contributed by atoms with E-state index in [0.717, 1.165) is 5.56 Å². The third-order valence-electron chi connectivity index (χ3n) is 2.25. The Balaban J connectivity index is 2.05. The first kappa shape index (κ1) is 11.2. The van der Waals surface area contributed by atoms with Crippen molar-refractivity contribution in [2.75, 3.05) is 5.32 Å². The first-order chi connectivity index (χ1) is 8.29. The number of anilines is 1. The van der Waals surface area contributed by atoms with E-state index < -0.39 is 0 Å². The number of nitrogens with one attached hydrogen (secondary N) is 1. The lowest BCUT2D eigenvalue weighted by Crippen LogP contribution is -2.00. The highest BCUT2D eigenvalue weighted by molar-refractivity contribution is 5.75. The lowest BCUT2D eigenvalue weighted by Gasteiger charge is -2.09. The number of hydrogen-bond acceptors (Lipinski definition) is 3. The normalized spacial score (nSPS) is 9.94. The second-order valence-corrected chi connectivity index (χ2v) is 3.57. The van der Waals surface area contributed by atoms with Crippen LogP contribution in [0.1, 0.15) is 5.56 Å².